The molecule has 1 unspecified atom stereocenters. The molecule has 1 aromatic carbocycles. The van der Waals surface area contributed by atoms with E-state index in [1.165, 1.54) is 6.92 Å². The Kier molecular flexibility index (Phi) is 4.12. The lowest BCUT2D eigenvalue weighted by molar-refractivity contribution is -0.146. The molecule has 4 heteroatoms. The topological polar surface area (TPSA) is 58.6 Å². The van der Waals surface area contributed by atoms with E-state index in [1.54, 1.807) is 25.2 Å². The number of rotatable bonds is 4. The molecular weight excluding hydrogens is 194 g/mol. The second-order valence-electron chi connectivity index (χ2n) is 3.25. The minimum atomic E-state index is -0.361. The molecule has 1 atom stereocenters. The normalized spacial score (nSPS) is 12.1. The summed E-state index contributed by atoms with van der Waals surface area (Å²) in [6.45, 7) is 1.88. The van der Waals surface area contributed by atoms with Gasteiger partial charge in [-0.3, -0.25) is 4.79 Å². The molecule has 0 spiro atoms. The van der Waals surface area contributed by atoms with Crippen LogP contribution < -0.4 is 5.32 Å². The molecule has 0 aliphatic carbocycles. The third-order valence-corrected chi connectivity index (χ3v) is 1.94. The van der Waals surface area contributed by atoms with E-state index in [0.29, 0.717) is 6.54 Å². The quantitative estimate of drug-likeness (QED) is 0.732. The van der Waals surface area contributed by atoms with Crippen LogP contribution in [0.25, 0.3) is 0 Å². The van der Waals surface area contributed by atoms with Crippen LogP contribution in [0.3, 0.4) is 0 Å². The molecule has 0 radical (unpaired) electrons. The Morgan fingerprint density at radius 1 is 1.60 bits per heavy atom. The molecular formula is C11H15NO3. The molecule has 0 saturated carbocycles. The highest BCUT2D eigenvalue weighted by Gasteiger charge is 2.13. The van der Waals surface area contributed by atoms with Crippen molar-refractivity contribution in [3.8, 4) is 5.75 Å². The van der Waals surface area contributed by atoms with Crippen LogP contribution in [-0.4, -0.2) is 24.7 Å². The van der Waals surface area contributed by atoms with Crippen molar-refractivity contribution in [1.29, 1.82) is 0 Å². The SMILES string of the molecule is CNCC(OC(C)=O)c1cccc(O)c1. The van der Waals surface area contributed by atoms with Crippen LogP contribution in [0.5, 0.6) is 5.75 Å². The minimum Gasteiger partial charge on any atom is -0.508 e. The molecule has 1 rings (SSSR count). The summed E-state index contributed by atoms with van der Waals surface area (Å²) in [6.07, 6.45) is -0.361. The van der Waals surface area contributed by atoms with E-state index in [-0.39, 0.29) is 17.8 Å². The third-order valence-electron chi connectivity index (χ3n) is 1.94. The summed E-state index contributed by atoms with van der Waals surface area (Å²) < 4.78 is 5.12. The number of aromatic hydroxyl groups is 1. The van der Waals surface area contributed by atoms with Gasteiger partial charge in [-0.25, -0.2) is 0 Å². The molecule has 2 N–H and O–H groups in total. The molecule has 0 saturated heterocycles. The molecule has 0 aromatic heterocycles. The Morgan fingerprint density at radius 2 is 2.33 bits per heavy atom. The first-order valence-corrected chi connectivity index (χ1v) is 4.74. The summed E-state index contributed by atoms with van der Waals surface area (Å²) in [6, 6.07) is 6.69. The van der Waals surface area contributed by atoms with Crippen LogP contribution in [0.1, 0.15) is 18.6 Å². The van der Waals surface area contributed by atoms with Crippen LogP contribution in [0.4, 0.5) is 0 Å². The summed E-state index contributed by atoms with van der Waals surface area (Å²) in [5.41, 5.74) is 0.777. The van der Waals surface area contributed by atoms with Gasteiger partial charge in [0.1, 0.15) is 11.9 Å². The molecule has 0 heterocycles. The van der Waals surface area contributed by atoms with E-state index < -0.39 is 0 Å². The first kappa shape index (κ1) is 11.5. The van der Waals surface area contributed by atoms with Crippen molar-refractivity contribution in [2.75, 3.05) is 13.6 Å². The third kappa shape index (κ3) is 3.59. The van der Waals surface area contributed by atoms with E-state index in [0.717, 1.165) is 5.56 Å². The zero-order valence-corrected chi connectivity index (χ0v) is 8.86. The molecule has 0 aliphatic rings. The van der Waals surface area contributed by atoms with Crippen LogP contribution in [0, 0.1) is 0 Å². The van der Waals surface area contributed by atoms with Gasteiger partial charge in [0, 0.05) is 13.5 Å². The highest BCUT2D eigenvalue weighted by atomic mass is 16.5. The summed E-state index contributed by atoms with van der Waals surface area (Å²) in [4.78, 5) is 10.9. The molecule has 82 valence electrons. The van der Waals surface area contributed by atoms with Gasteiger partial charge >= 0.3 is 5.97 Å². The predicted molar refractivity (Wildman–Crippen MR) is 56.5 cm³/mol. The number of carbonyl (C=O) groups excluding carboxylic acids is 1. The number of esters is 1. The molecule has 4 nitrogen and oxygen atoms in total. The Balaban J connectivity index is 2.83. The zero-order chi connectivity index (χ0) is 11.3. The predicted octanol–water partition coefficient (Wildman–Crippen LogP) is 1.22. The monoisotopic (exact) mass is 209 g/mol. The number of nitrogens with one attached hydrogen (secondary N) is 1. The summed E-state index contributed by atoms with van der Waals surface area (Å²) in [7, 11) is 1.78. The summed E-state index contributed by atoms with van der Waals surface area (Å²) in [5.74, 6) is -0.167. The maximum Gasteiger partial charge on any atom is 0.303 e. The maximum atomic E-state index is 10.9. The van der Waals surface area contributed by atoms with E-state index in [4.69, 9.17) is 4.74 Å². The number of phenols is 1. The highest BCUT2D eigenvalue weighted by Crippen LogP contribution is 2.20. The number of phenolic OH excluding ortho intramolecular Hbond substituents is 1. The van der Waals surface area contributed by atoms with E-state index >= 15 is 0 Å². The van der Waals surface area contributed by atoms with Gasteiger partial charge in [0.2, 0.25) is 0 Å². The Hall–Kier alpha value is -1.55. The lowest BCUT2D eigenvalue weighted by Gasteiger charge is -2.16. The molecule has 0 amide bonds. The number of hydrogen-bond acceptors (Lipinski definition) is 4. The lowest BCUT2D eigenvalue weighted by atomic mass is 10.1. The zero-order valence-electron chi connectivity index (χ0n) is 8.86. The largest absolute Gasteiger partial charge is 0.508 e. The van der Waals surface area contributed by atoms with Crippen molar-refractivity contribution < 1.29 is 14.6 Å². The first-order chi connectivity index (χ1) is 7.13. The van der Waals surface area contributed by atoms with Gasteiger partial charge in [-0.1, -0.05) is 12.1 Å². The summed E-state index contributed by atoms with van der Waals surface area (Å²) >= 11 is 0. The average molecular weight is 209 g/mol. The van der Waals surface area contributed by atoms with Gasteiger partial charge in [-0.05, 0) is 24.7 Å². The fraction of sp³-hybridized carbons (Fsp3) is 0.364. The van der Waals surface area contributed by atoms with E-state index in [9.17, 15) is 9.90 Å². The Bertz CT molecular complexity index is 338. The van der Waals surface area contributed by atoms with Crippen molar-refractivity contribution in [2.45, 2.75) is 13.0 Å². The van der Waals surface area contributed by atoms with Crippen molar-refractivity contribution in [2.24, 2.45) is 0 Å². The molecule has 15 heavy (non-hydrogen) atoms. The van der Waals surface area contributed by atoms with Crippen LogP contribution >= 0.6 is 0 Å². The van der Waals surface area contributed by atoms with Crippen LogP contribution in [0.15, 0.2) is 24.3 Å². The van der Waals surface area contributed by atoms with Crippen molar-refractivity contribution >= 4 is 5.97 Å². The van der Waals surface area contributed by atoms with Gasteiger partial charge in [0.05, 0.1) is 0 Å². The van der Waals surface area contributed by atoms with Crippen LogP contribution in [-0.2, 0) is 9.53 Å². The molecule has 0 bridgehead atoms. The Labute approximate surface area is 88.9 Å². The van der Waals surface area contributed by atoms with Gasteiger partial charge in [-0.2, -0.15) is 0 Å². The fourth-order valence-electron chi connectivity index (χ4n) is 1.34. The number of likely N-dealkylation sites (N-methyl/N-ethyl adjacent to an activating group) is 1. The second-order valence-corrected chi connectivity index (χ2v) is 3.25. The van der Waals surface area contributed by atoms with Gasteiger partial charge in [0.15, 0.2) is 0 Å². The minimum absolute atomic E-state index is 0.167. The molecule has 0 aliphatic heterocycles. The van der Waals surface area contributed by atoms with Gasteiger partial charge in [-0.15, -0.1) is 0 Å². The van der Waals surface area contributed by atoms with Crippen molar-refractivity contribution in [3.05, 3.63) is 29.8 Å². The lowest BCUT2D eigenvalue weighted by Crippen LogP contribution is -2.21. The van der Waals surface area contributed by atoms with Crippen LogP contribution in [0.2, 0.25) is 0 Å². The number of hydrogen-bond donors (Lipinski definition) is 2. The molecule has 0 fully saturated rings. The van der Waals surface area contributed by atoms with E-state index in [2.05, 4.69) is 5.32 Å². The maximum absolute atomic E-state index is 10.9. The van der Waals surface area contributed by atoms with Crippen molar-refractivity contribution in [3.63, 3.8) is 0 Å². The van der Waals surface area contributed by atoms with E-state index in [1.807, 2.05) is 6.07 Å². The number of benzene rings is 1. The van der Waals surface area contributed by atoms with Gasteiger partial charge < -0.3 is 15.2 Å². The number of carbonyl (C=O) groups is 1. The summed E-state index contributed by atoms with van der Waals surface area (Å²) in [5, 5.41) is 12.2. The van der Waals surface area contributed by atoms with Crippen molar-refractivity contribution in [1.82, 2.24) is 5.32 Å². The molecule has 1 aromatic rings. The second kappa shape index (κ2) is 5.36. The smallest absolute Gasteiger partial charge is 0.303 e. The fourth-order valence-corrected chi connectivity index (χ4v) is 1.34. The first-order valence-electron chi connectivity index (χ1n) is 4.74. The standard InChI is InChI=1S/C11H15NO3/c1-8(13)15-11(7-12-2)9-4-3-5-10(14)6-9/h3-6,11-12,14H,7H2,1-2H3. The Morgan fingerprint density at radius 3 is 2.87 bits per heavy atom. The van der Waals surface area contributed by atoms with Gasteiger partial charge in [0.25, 0.3) is 0 Å². The number of ether oxygens (including phenoxy) is 1. The average Bonchev–Trinajstić information content (AvgIpc) is 2.16. The highest BCUT2D eigenvalue weighted by molar-refractivity contribution is 5.66.